The molecular formula is C17H20N2O. The van der Waals surface area contributed by atoms with E-state index in [1.54, 1.807) is 18.0 Å². The molecule has 0 aliphatic rings. The molecule has 0 aliphatic carbocycles. The third kappa shape index (κ3) is 2.99. The first-order valence-electron chi connectivity index (χ1n) is 6.75. The number of benzene rings is 2. The van der Waals surface area contributed by atoms with Gasteiger partial charge in [0.15, 0.2) is 0 Å². The number of carbonyl (C=O) groups excluding carboxylic acids is 1. The maximum Gasteiger partial charge on any atom is 0.258 e. The first-order valence-corrected chi connectivity index (χ1v) is 6.75. The van der Waals surface area contributed by atoms with E-state index in [9.17, 15) is 4.79 Å². The van der Waals surface area contributed by atoms with Crippen LogP contribution >= 0.6 is 0 Å². The van der Waals surface area contributed by atoms with Crippen molar-refractivity contribution in [2.75, 3.05) is 17.7 Å². The van der Waals surface area contributed by atoms with E-state index in [2.05, 4.69) is 6.92 Å². The average Bonchev–Trinajstić information content (AvgIpc) is 2.45. The van der Waals surface area contributed by atoms with Crippen molar-refractivity contribution < 1.29 is 4.79 Å². The van der Waals surface area contributed by atoms with E-state index >= 15 is 0 Å². The van der Waals surface area contributed by atoms with Crippen LogP contribution in [0, 0.1) is 6.92 Å². The molecule has 0 bridgehead atoms. The zero-order valence-corrected chi connectivity index (χ0v) is 12.2. The fourth-order valence-corrected chi connectivity index (χ4v) is 2.20. The molecule has 0 saturated carbocycles. The smallest absolute Gasteiger partial charge is 0.258 e. The average molecular weight is 268 g/mol. The van der Waals surface area contributed by atoms with E-state index < -0.39 is 0 Å². The molecule has 0 heterocycles. The van der Waals surface area contributed by atoms with Gasteiger partial charge in [0.2, 0.25) is 0 Å². The Bertz CT molecular complexity index is 597. The fraction of sp³-hybridized carbons (Fsp3) is 0.235. The molecule has 0 spiro atoms. The van der Waals surface area contributed by atoms with Crippen LogP contribution in [0.4, 0.5) is 11.4 Å². The lowest BCUT2D eigenvalue weighted by atomic mass is 10.1. The van der Waals surface area contributed by atoms with Crippen LogP contribution < -0.4 is 10.6 Å². The largest absolute Gasteiger partial charge is 0.399 e. The maximum absolute atomic E-state index is 12.5. The van der Waals surface area contributed by atoms with Gasteiger partial charge >= 0.3 is 0 Å². The summed E-state index contributed by atoms with van der Waals surface area (Å²) >= 11 is 0. The van der Waals surface area contributed by atoms with Gasteiger partial charge in [0.25, 0.3) is 5.91 Å². The Morgan fingerprint density at radius 1 is 1.15 bits per heavy atom. The molecule has 0 radical (unpaired) electrons. The molecule has 2 N–H and O–H groups in total. The van der Waals surface area contributed by atoms with Crippen molar-refractivity contribution in [2.24, 2.45) is 0 Å². The van der Waals surface area contributed by atoms with Gasteiger partial charge in [-0.15, -0.1) is 0 Å². The van der Waals surface area contributed by atoms with Crippen LogP contribution in [0.15, 0.2) is 42.5 Å². The van der Waals surface area contributed by atoms with Crippen molar-refractivity contribution >= 4 is 17.3 Å². The Hall–Kier alpha value is -2.29. The molecule has 2 aromatic rings. The third-order valence-electron chi connectivity index (χ3n) is 3.38. The van der Waals surface area contributed by atoms with Crippen LogP contribution in [0.1, 0.15) is 28.4 Å². The Labute approximate surface area is 120 Å². The van der Waals surface area contributed by atoms with Gasteiger partial charge in [0.1, 0.15) is 0 Å². The van der Waals surface area contributed by atoms with Gasteiger partial charge in [-0.3, -0.25) is 4.79 Å². The third-order valence-corrected chi connectivity index (χ3v) is 3.38. The van der Waals surface area contributed by atoms with Gasteiger partial charge in [-0.25, -0.2) is 0 Å². The Morgan fingerprint density at radius 2 is 1.80 bits per heavy atom. The highest BCUT2D eigenvalue weighted by atomic mass is 16.2. The number of nitrogens with two attached hydrogens (primary N) is 1. The molecule has 0 unspecified atom stereocenters. The first-order chi connectivity index (χ1) is 9.51. The summed E-state index contributed by atoms with van der Waals surface area (Å²) in [6.07, 6.45) is 0.992. The molecule has 0 saturated heterocycles. The zero-order chi connectivity index (χ0) is 14.7. The second-order valence-corrected chi connectivity index (χ2v) is 5.02. The van der Waals surface area contributed by atoms with Gasteiger partial charge in [0.05, 0.1) is 0 Å². The second kappa shape index (κ2) is 5.78. The molecule has 0 aliphatic heterocycles. The van der Waals surface area contributed by atoms with Crippen molar-refractivity contribution in [3.63, 3.8) is 0 Å². The topological polar surface area (TPSA) is 46.3 Å². The van der Waals surface area contributed by atoms with Crippen LogP contribution in [0.25, 0.3) is 0 Å². The lowest BCUT2D eigenvalue weighted by Crippen LogP contribution is -2.26. The number of carbonyl (C=O) groups is 1. The highest BCUT2D eigenvalue weighted by Crippen LogP contribution is 2.19. The van der Waals surface area contributed by atoms with Crippen LogP contribution in [0.2, 0.25) is 0 Å². The lowest BCUT2D eigenvalue weighted by Gasteiger charge is -2.18. The minimum Gasteiger partial charge on any atom is -0.399 e. The van der Waals surface area contributed by atoms with Crippen LogP contribution in [-0.2, 0) is 6.42 Å². The summed E-state index contributed by atoms with van der Waals surface area (Å²) in [7, 11) is 1.78. The number of aryl methyl sites for hydroxylation is 2. The number of anilines is 2. The predicted octanol–water partition coefficient (Wildman–Crippen LogP) is 3.42. The van der Waals surface area contributed by atoms with Crippen molar-refractivity contribution in [3.05, 3.63) is 59.2 Å². The Kier molecular flexibility index (Phi) is 4.08. The van der Waals surface area contributed by atoms with E-state index in [0.717, 1.165) is 17.7 Å². The summed E-state index contributed by atoms with van der Waals surface area (Å²) in [6, 6.07) is 13.5. The summed E-state index contributed by atoms with van der Waals surface area (Å²) in [5, 5.41) is 0. The molecule has 20 heavy (non-hydrogen) atoms. The Balaban J connectivity index is 2.27. The number of nitrogens with zero attached hydrogens (tertiary/aromatic N) is 1. The van der Waals surface area contributed by atoms with E-state index in [1.165, 1.54) is 5.56 Å². The second-order valence-electron chi connectivity index (χ2n) is 5.02. The lowest BCUT2D eigenvalue weighted by molar-refractivity contribution is 0.0993. The molecule has 3 heteroatoms. The van der Waals surface area contributed by atoms with E-state index in [-0.39, 0.29) is 5.91 Å². The molecule has 3 nitrogen and oxygen atoms in total. The van der Waals surface area contributed by atoms with Gasteiger partial charge in [-0.1, -0.05) is 19.1 Å². The number of hydrogen-bond donors (Lipinski definition) is 1. The molecule has 0 aromatic heterocycles. The summed E-state index contributed by atoms with van der Waals surface area (Å²) in [5.41, 5.74) is 10.2. The molecule has 104 valence electrons. The van der Waals surface area contributed by atoms with Crippen molar-refractivity contribution in [2.45, 2.75) is 20.3 Å². The molecule has 0 fully saturated rings. The molecule has 1 amide bonds. The summed E-state index contributed by atoms with van der Waals surface area (Å²) in [6.45, 7) is 4.04. The number of rotatable bonds is 3. The Morgan fingerprint density at radius 3 is 2.35 bits per heavy atom. The minimum absolute atomic E-state index is 0.0513. The van der Waals surface area contributed by atoms with Crippen LogP contribution in [0.5, 0.6) is 0 Å². The molecule has 0 atom stereocenters. The normalized spacial score (nSPS) is 10.3. The van der Waals surface area contributed by atoms with Crippen molar-refractivity contribution in [1.29, 1.82) is 0 Å². The quantitative estimate of drug-likeness (QED) is 0.867. The minimum atomic E-state index is -0.0513. The van der Waals surface area contributed by atoms with E-state index in [1.807, 2.05) is 43.3 Å². The van der Waals surface area contributed by atoms with Crippen molar-refractivity contribution in [3.8, 4) is 0 Å². The summed E-state index contributed by atoms with van der Waals surface area (Å²) < 4.78 is 0. The van der Waals surface area contributed by atoms with Gasteiger partial charge in [-0.2, -0.15) is 0 Å². The zero-order valence-electron chi connectivity index (χ0n) is 12.2. The first kappa shape index (κ1) is 14.1. The molecule has 2 aromatic carbocycles. The standard InChI is InChI=1S/C17H20N2O/c1-4-13-5-7-16(8-6-13)19(3)17(20)14-9-12(2)10-15(18)11-14/h5-11H,4,18H2,1-3H3. The number of hydrogen-bond acceptors (Lipinski definition) is 2. The maximum atomic E-state index is 12.5. The number of amides is 1. The van der Waals surface area contributed by atoms with E-state index in [0.29, 0.717) is 11.3 Å². The molecule has 2 rings (SSSR count). The SMILES string of the molecule is CCc1ccc(N(C)C(=O)c2cc(C)cc(N)c2)cc1. The predicted molar refractivity (Wildman–Crippen MR) is 84.1 cm³/mol. The monoisotopic (exact) mass is 268 g/mol. The van der Waals surface area contributed by atoms with Crippen LogP contribution in [-0.4, -0.2) is 13.0 Å². The van der Waals surface area contributed by atoms with Crippen LogP contribution in [0.3, 0.4) is 0 Å². The van der Waals surface area contributed by atoms with Gasteiger partial charge in [0, 0.05) is 24.0 Å². The fourth-order valence-electron chi connectivity index (χ4n) is 2.20. The molecular weight excluding hydrogens is 248 g/mol. The van der Waals surface area contributed by atoms with Gasteiger partial charge in [-0.05, 0) is 54.8 Å². The van der Waals surface area contributed by atoms with E-state index in [4.69, 9.17) is 5.73 Å². The highest BCUT2D eigenvalue weighted by molar-refractivity contribution is 6.06. The highest BCUT2D eigenvalue weighted by Gasteiger charge is 2.14. The van der Waals surface area contributed by atoms with Gasteiger partial charge < -0.3 is 10.6 Å². The summed E-state index contributed by atoms with van der Waals surface area (Å²) in [4.78, 5) is 14.1. The van der Waals surface area contributed by atoms with Crippen molar-refractivity contribution in [1.82, 2.24) is 0 Å². The number of nitrogen functional groups attached to an aromatic ring is 1. The summed E-state index contributed by atoms with van der Waals surface area (Å²) in [5.74, 6) is -0.0513.